The molecule has 1 aromatic carbocycles. The van der Waals surface area contributed by atoms with E-state index in [1.165, 1.54) is 6.08 Å². The van der Waals surface area contributed by atoms with Gasteiger partial charge >= 0.3 is 5.97 Å². The number of aliphatic carboxylic acids is 1. The minimum Gasteiger partial charge on any atom is -0.477 e. The summed E-state index contributed by atoms with van der Waals surface area (Å²) in [5, 5.41) is 23.3. The van der Waals surface area contributed by atoms with E-state index in [2.05, 4.69) is 10.6 Å². The van der Waals surface area contributed by atoms with Gasteiger partial charge in [0.2, 0.25) is 11.8 Å². The largest absolute Gasteiger partial charge is 0.477 e. The highest BCUT2D eigenvalue weighted by molar-refractivity contribution is 6.00. The summed E-state index contributed by atoms with van der Waals surface area (Å²) in [4.78, 5) is 34.6. The summed E-state index contributed by atoms with van der Waals surface area (Å²) in [5.41, 5.74) is 0.739. The van der Waals surface area contributed by atoms with E-state index in [1.54, 1.807) is 24.3 Å². The Morgan fingerprint density at radius 1 is 1.12 bits per heavy atom. The molecule has 1 rings (SSSR count). The van der Waals surface area contributed by atoms with Gasteiger partial charge in [0.1, 0.15) is 11.6 Å². The molecule has 0 aliphatic heterocycles. The van der Waals surface area contributed by atoms with Crippen molar-refractivity contribution in [3.8, 4) is 6.07 Å². The number of hydrogen-bond donors (Lipinski definition) is 3. The zero-order valence-corrected chi connectivity index (χ0v) is 14.3. The van der Waals surface area contributed by atoms with E-state index in [-0.39, 0.29) is 11.8 Å². The molecule has 0 atom stereocenters. The van der Waals surface area contributed by atoms with Gasteiger partial charge < -0.3 is 15.7 Å². The van der Waals surface area contributed by atoms with Crippen LogP contribution in [0.5, 0.6) is 0 Å². The zero-order valence-electron chi connectivity index (χ0n) is 14.3. The second kappa shape index (κ2) is 9.88. The van der Waals surface area contributed by atoms with E-state index in [4.69, 9.17) is 10.4 Å². The number of carboxylic acids is 1. The average Bonchev–Trinajstić information content (AvgIpc) is 2.54. The molecule has 0 heterocycles. The molecule has 0 saturated carbocycles. The van der Waals surface area contributed by atoms with Gasteiger partial charge in [-0.05, 0) is 36.6 Å². The Morgan fingerprint density at radius 3 is 2.24 bits per heavy atom. The SMILES string of the molecule is CCCC(=O)Nc1ccc(C=C(C#N)C(=O)O)c(NC(=O)CCC)c1. The number of nitrogens with one attached hydrogen (secondary N) is 2. The standard InChI is InChI=1S/C18H21N3O4/c1-3-5-16(22)20-14-8-7-12(9-13(11-19)18(24)25)15(10-14)21-17(23)6-4-2/h7-10H,3-6H2,1-2H3,(H,20,22)(H,21,23)(H,24,25). The van der Waals surface area contributed by atoms with Crippen molar-refractivity contribution in [3.63, 3.8) is 0 Å². The summed E-state index contributed by atoms with van der Waals surface area (Å²) in [6, 6.07) is 6.28. The van der Waals surface area contributed by atoms with Gasteiger partial charge in [-0.15, -0.1) is 0 Å². The highest BCUT2D eigenvalue weighted by Gasteiger charge is 2.11. The molecule has 0 radical (unpaired) electrons. The number of anilines is 2. The third-order valence-electron chi connectivity index (χ3n) is 3.22. The van der Waals surface area contributed by atoms with Crippen LogP contribution in [0.2, 0.25) is 0 Å². The number of carbonyl (C=O) groups is 3. The van der Waals surface area contributed by atoms with Crippen molar-refractivity contribution >= 4 is 35.2 Å². The quantitative estimate of drug-likeness (QED) is 0.495. The minimum absolute atomic E-state index is 0.153. The highest BCUT2D eigenvalue weighted by atomic mass is 16.4. The van der Waals surface area contributed by atoms with E-state index in [0.29, 0.717) is 42.6 Å². The fourth-order valence-electron chi connectivity index (χ4n) is 2.06. The number of carboxylic acid groups (broad SMARTS) is 1. The minimum atomic E-state index is -1.35. The molecule has 3 N–H and O–H groups in total. The van der Waals surface area contributed by atoms with Gasteiger partial charge in [0.15, 0.2) is 0 Å². The molecule has 0 unspecified atom stereocenters. The summed E-state index contributed by atoms with van der Waals surface area (Å²) in [7, 11) is 0. The molecule has 2 amide bonds. The van der Waals surface area contributed by atoms with Crippen LogP contribution in [0.15, 0.2) is 23.8 Å². The molecule has 25 heavy (non-hydrogen) atoms. The summed E-state index contributed by atoms with van der Waals surface area (Å²) in [6.45, 7) is 3.75. The number of rotatable bonds is 8. The van der Waals surface area contributed by atoms with E-state index >= 15 is 0 Å². The van der Waals surface area contributed by atoms with Crippen molar-refractivity contribution in [2.75, 3.05) is 10.6 Å². The second-order valence-corrected chi connectivity index (χ2v) is 5.37. The molecule has 0 aliphatic rings. The van der Waals surface area contributed by atoms with Gasteiger partial charge in [0.25, 0.3) is 0 Å². The molecule has 0 fully saturated rings. The first-order chi connectivity index (χ1) is 11.9. The lowest BCUT2D eigenvalue weighted by Gasteiger charge is -2.12. The molecule has 0 saturated heterocycles. The third kappa shape index (κ3) is 6.47. The van der Waals surface area contributed by atoms with Crippen LogP contribution < -0.4 is 10.6 Å². The lowest BCUT2D eigenvalue weighted by molar-refractivity contribution is -0.132. The molecule has 1 aromatic rings. The molecule has 0 spiro atoms. The maximum atomic E-state index is 11.9. The van der Waals surface area contributed by atoms with Crippen molar-refractivity contribution in [3.05, 3.63) is 29.3 Å². The van der Waals surface area contributed by atoms with Crippen molar-refractivity contribution in [1.82, 2.24) is 0 Å². The Balaban J connectivity index is 3.22. The first kappa shape index (κ1) is 19.9. The van der Waals surface area contributed by atoms with Crippen LogP contribution in [0.4, 0.5) is 11.4 Å². The predicted molar refractivity (Wildman–Crippen MR) is 94.7 cm³/mol. The van der Waals surface area contributed by atoms with Gasteiger partial charge in [-0.3, -0.25) is 9.59 Å². The molecule has 7 heteroatoms. The maximum absolute atomic E-state index is 11.9. The van der Waals surface area contributed by atoms with Crippen molar-refractivity contribution < 1.29 is 19.5 Å². The highest BCUT2D eigenvalue weighted by Crippen LogP contribution is 2.24. The molecule has 132 valence electrons. The molecule has 7 nitrogen and oxygen atoms in total. The van der Waals surface area contributed by atoms with Crippen LogP contribution in [-0.4, -0.2) is 22.9 Å². The number of nitriles is 1. The van der Waals surface area contributed by atoms with E-state index in [0.717, 1.165) is 0 Å². The first-order valence-electron chi connectivity index (χ1n) is 8.00. The molecule has 0 bridgehead atoms. The second-order valence-electron chi connectivity index (χ2n) is 5.37. The number of carbonyl (C=O) groups excluding carboxylic acids is 2. The monoisotopic (exact) mass is 343 g/mol. The lowest BCUT2D eigenvalue weighted by Crippen LogP contribution is -2.14. The summed E-state index contributed by atoms with van der Waals surface area (Å²) < 4.78 is 0. The predicted octanol–water partition coefficient (Wildman–Crippen LogP) is 3.16. The van der Waals surface area contributed by atoms with Crippen LogP contribution in [0.1, 0.15) is 45.1 Å². The Labute approximate surface area is 146 Å². The summed E-state index contributed by atoms with van der Waals surface area (Å²) in [5.74, 6) is -1.74. The van der Waals surface area contributed by atoms with E-state index in [9.17, 15) is 14.4 Å². The maximum Gasteiger partial charge on any atom is 0.346 e. The molecular weight excluding hydrogens is 322 g/mol. The third-order valence-corrected chi connectivity index (χ3v) is 3.22. The van der Waals surface area contributed by atoms with E-state index < -0.39 is 11.5 Å². The smallest absolute Gasteiger partial charge is 0.346 e. The Bertz CT molecular complexity index is 732. The number of amides is 2. The van der Waals surface area contributed by atoms with Gasteiger partial charge in [-0.1, -0.05) is 19.9 Å². The molecule has 0 aliphatic carbocycles. The molecular formula is C18H21N3O4. The van der Waals surface area contributed by atoms with Crippen molar-refractivity contribution in [1.29, 1.82) is 5.26 Å². The topological polar surface area (TPSA) is 119 Å². The summed E-state index contributed by atoms with van der Waals surface area (Å²) >= 11 is 0. The van der Waals surface area contributed by atoms with Crippen LogP contribution in [-0.2, 0) is 14.4 Å². The first-order valence-corrected chi connectivity index (χ1v) is 8.00. The van der Waals surface area contributed by atoms with Gasteiger partial charge in [-0.25, -0.2) is 4.79 Å². The fraction of sp³-hybridized carbons (Fsp3) is 0.333. The van der Waals surface area contributed by atoms with Crippen LogP contribution in [0, 0.1) is 11.3 Å². The normalized spacial score (nSPS) is 10.7. The van der Waals surface area contributed by atoms with Crippen molar-refractivity contribution in [2.45, 2.75) is 39.5 Å². The average molecular weight is 343 g/mol. The fourth-order valence-corrected chi connectivity index (χ4v) is 2.06. The van der Waals surface area contributed by atoms with Crippen molar-refractivity contribution in [2.24, 2.45) is 0 Å². The number of hydrogen-bond acceptors (Lipinski definition) is 4. The van der Waals surface area contributed by atoms with Gasteiger partial charge in [0, 0.05) is 18.5 Å². The molecule has 0 aromatic heterocycles. The van der Waals surface area contributed by atoms with Gasteiger partial charge in [-0.2, -0.15) is 5.26 Å². The van der Waals surface area contributed by atoms with Crippen LogP contribution >= 0.6 is 0 Å². The number of benzene rings is 1. The van der Waals surface area contributed by atoms with Crippen LogP contribution in [0.3, 0.4) is 0 Å². The van der Waals surface area contributed by atoms with Crippen LogP contribution in [0.25, 0.3) is 6.08 Å². The Kier molecular flexibility index (Phi) is 7.87. The lowest BCUT2D eigenvalue weighted by atomic mass is 10.1. The number of nitrogens with zero attached hydrogens (tertiary/aromatic N) is 1. The van der Waals surface area contributed by atoms with Gasteiger partial charge in [0.05, 0.1) is 5.69 Å². The summed E-state index contributed by atoms with van der Waals surface area (Å²) in [6.07, 6.45) is 3.22. The zero-order chi connectivity index (χ0) is 18.8. The van der Waals surface area contributed by atoms with E-state index in [1.807, 2.05) is 13.8 Å². The Hall–Kier alpha value is -3.14. The Morgan fingerprint density at radius 2 is 1.72 bits per heavy atom.